The first kappa shape index (κ1) is 19.8. The van der Waals surface area contributed by atoms with E-state index in [2.05, 4.69) is 9.98 Å². The number of nitrogens with zero attached hydrogens (tertiary/aromatic N) is 3. The number of halogens is 3. The predicted molar refractivity (Wildman–Crippen MR) is 98.3 cm³/mol. The van der Waals surface area contributed by atoms with Crippen LogP contribution >= 0.6 is 0 Å². The summed E-state index contributed by atoms with van der Waals surface area (Å²) in [6.45, 7) is 3.29. The summed E-state index contributed by atoms with van der Waals surface area (Å²) in [6.07, 6.45) is 1.42. The fourth-order valence-electron chi connectivity index (χ4n) is 3.27. The van der Waals surface area contributed by atoms with Crippen LogP contribution in [0.3, 0.4) is 0 Å². The van der Waals surface area contributed by atoms with Gasteiger partial charge in [-0.1, -0.05) is 0 Å². The van der Waals surface area contributed by atoms with E-state index in [4.69, 9.17) is 15.7 Å². The van der Waals surface area contributed by atoms with Gasteiger partial charge >= 0.3 is 5.92 Å². The molecule has 0 fully saturated rings. The number of aromatic nitrogens is 1. The zero-order valence-electron chi connectivity index (χ0n) is 15.6. The molecule has 28 heavy (non-hydrogen) atoms. The van der Waals surface area contributed by atoms with E-state index in [0.717, 1.165) is 13.0 Å². The van der Waals surface area contributed by atoms with Gasteiger partial charge in [0.1, 0.15) is 23.9 Å². The molecule has 5 nitrogen and oxygen atoms in total. The van der Waals surface area contributed by atoms with Gasteiger partial charge in [0.25, 0.3) is 0 Å². The van der Waals surface area contributed by atoms with Crippen LogP contribution in [0.4, 0.5) is 13.2 Å². The highest BCUT2D eigenvalue weighted by molar-refractivity contribution is 5.82. The minimum atomic E-state index is -3.58. The van der Waals surface area contributed by atoms with Gasteiger partial charge in [-0.05, 0) is 51.1 Å². The summed E-state index contributed by atoms with van der Waals surface area (Å²) in [4.78, 5) is 8.11. The summed E-state index contributed by atoms with van der Waals surface area (Å²) >= 11 is 0. The molecule has 0 saturated heterocycles. The predicted octanol–water partition coefficient (Wildman–Crippen LogP) is 3.78. The minimum Gasteiger partial charge on any atom is -0.385 e. The summed E-state index contributed by atoms with van der Waals surface area (Å²) in [5, 5.41) is 9.06. The fraction of sp³-hybridized carbons (Fsp3) is 0.350. The molecule has 1 aromatic heterocycles. The van der Waals surface area contributed by atoms with Crippen molar-refractivity contribution in [3.05, 3.63) is 53.5 Å². The number of rotatable bonds is 2. The molecule has 146 valence electrons. The van der Waals surface area contributed by atoms with Crippen LogP contribution in [-0.4, -0.2) is 29.0 Å². The highest BCUT2D eigenvalue weighted by atomic mass is 19.3. The molecule has 8 heteroatoms. The number of benzene rings is 1. The summed E-state index contributed by atoms with van der Waals surface area (Å²) in [5.41, 5.74) is 2.25. The van der Waals surface area contributed by atoms with Crippen LogP contribution in [0, 0.1) is 17.1 Å². The van der Waals surface area contributed by atoms with Gasteiger partial charge in [0.05, 0.1) is 17.3 Å². The zero-order valence-corrected chi connectivity index (χ0v) is 15.6. The lowest BCUT2D eigenvalue weighted by molar-refractivity contribution is -0.214. The Morgan fingerprint density at radius 2 is 1.89 bits per heavy atom. The van der Waals surface area contributed by atoms with Crippen LogP contribution in [0.25, 0.3) is 11.3 Å². The summed E-state index contributed by atoms with van der Waals surface area (Å²) in [6, 6.07) is 8.75. The lowest BCUT2D eigenvalue weighted by Gasteiger charge is -2.42. The van der Waals surface area contributed by atoms with E-state index in [-0.39, 0.29) is 18.0 Å². The average Bonchev–Trinajstić information content (AvgIpc) is 2.71. The molecule has 0 saturated carbocycles. The Labute approximate surface area is 160 Å². The molecule has 2 heterocycles. The van der Waals surface area contributed by atoms with E-state index < -0.39 is 22.9 Å². The Morgan fingerprint density at radius 1 is 1.18 bits per heavy atom. The van der Waals surface area contributed by atoms with E-state index in [1.54, 1.807) is 0 Å². The largest absolute Gasteiger partial charge is 0.385 e. The number of hydrogen-bond donors (Lipinski definition) is 1. The topological polar surface area (TPSA) is 84.3 Å². The van der Waals surface area contributed by atoms with E-state index in [9.17, 15) is 4.39 Å². The molecular formula is C20H19F3N4O. The monoisotopic (exact) mass is 388 g/mol. The second kappa shape index (κ2) is 6.60. The number of hydrogen-bond acceptors (Lipinski definition) is 5. The highest BCUT2D eigenvalue weighted by Gasteiger charge is 2.63. The highest BCUT2D eigenvalue weighted by Crippen LogP contribution is 2.50. The first-order valence-electron chi connectivity index (χ1n) is 8.54. The van der Waals surface area contributed by atoms with Crippen LogP contribution in [0.2, 0.25) is 0 Å². The van der Waals surface area contributed by atoms with Crippen molar-refractivity contribution in [2.45, 2.75) is 37.8 Å². The first-order valence-corrected chi connectivity index (χ1v) is 8.54. The van der Waals surface area contributed by atoms with Crippen molar-refractivity contribution in [1.82, 2.24) is 4.98 Å². The molecule has 1 aliphatic rings. The van der Waals surface area contributed by atoms with Crippen molar-refractivity contribution in [2.75, 3.05) is 6.61 Å². The Hall–Kier alpha value is -2.92. The molecule has 3 rings (SSSR count). The number of pyridine rings is 1. The van der Waals surface area contributed by atoms with Gasteiger partial charge in [-0.15, -0.1) is 0 Å². The normalized spacial score (nSPS) is 23.4. The molecule has 0 bridgehead atoms. The Balaban J connectivity index is 2.24. The van der Waals surface area contributed by atoms with Crippen LogP contribution in [0.1, 0.15) is 31.9 Å². The molecule has 0 amide bonds. The van der Waals surface area contributed by atoms with Gasteiger partial charge in [-0.25, -0.2) is 13.2 Å². The van der Waals surface area contributed by atoms with Crippen molar-refractivity contribution in [3.63, 3.8) is 0 Å². The number of nitriles is 1. The fourth-order valence-corrected chi connectivity index (χ4v) is 3.27. The lowest BCUT2D eigenvalue weighted by Crippen LogP contribution is -2.56. The van der Waals surface area contributed by atoms with Crippen LogP contribution in [-0.2, 0) is 10.3 Å². The molecule has 2 N–H and O–H groups in total. The molecule has 1 aliphatic heterocycles. The third-order valence-corrected chi connectivity index (χ3v) is 4.99. The van der Waals surface area contributed by atoms with E-state index in [0.29, 0.717) is 16.8 Å². The molecule has 0 radical (unpaired) electrons. The van der Waals surface area contributed by atoms with Crippen LogP contribution in [0.5, 0.6) is 0 Å². The molecule has 2 aromatic rings. The van der Waals surface area contributed by atoms with Crippen molar-refractivity contribution in [1.29, 1.82) is 5.26 Å². The minimum absolute atomic E-state index is 0.151. The Kier molecular flexibility index (Phi) is 4.68. The quantitative estimate of drug-likeness (QED) is 0.849. The average molecular weight is 388 g/mol. The molecule has 1 aromatic carbocycles. The summed E-state index contributed by atoms with van der Waals surface area (Å²) in [5.74, 6) is -4.58. The number of amidine groups is 1. The van der Waals surface area contributed by atoms with Crippen molar-refractivity contribution >= 4 is 5.84 Å². The van der Waals surface area contributed by atoms with Crippen LogP contribution in [0.15, 0.2) is 41.5 Å². The standard InChI is InChI=1S/C20H19F3N4O/c1-18(2)20(22,23)19(3,27-17(25)11-28-18)14-9-13(4-5-15(14)21)16-8-12(10-24)6-7-26-16/h4-9H,11H2,1-3H3,(H2,25,27)/t19-/m1/s1. The Bertz CT molecular complexity index is 997. The first-order chi connectivity index (χ1) is 13.0. The Morgan fingerprint density at radius 3 is 2.57 bits per heavy atom. The van der Waals surface area contributed by atoms with Gasteiger partial charge in [-0.3, -0.25) is 9.98 Å². The van der Waals surface area contributed by atoms with Gasteiger partial charge in [0, 0.05) is 17.3 Å². The molecule has 0 spiro atoms. The molecular weight excluding hydrogens is 369 g/mol. The van der Waals surface area contributed by atoms with Gasteiger partial charge < -0.3 is 10.5 Å². The maximum Gasteiger partial charge on any atom is 0.304 e. The summed E-state index contributed by atoms with van der Waals surface area (Å²) < 4.78 is 50.9. The maximum atomic E-state index is 15.5. The number of alkyl halides is 2. The number of ether oxygens (including phenoxy) is 1. The van der Waals surface area contributed by atoms with E-state index in [1.807, 2.05) is 6.07 Å². The maximum absolute atomic E-state index is 15.5. The SMILES string of the molecule is CC1(C)OCC(N)=N[C@](C)(c2cc(-c3cc(C#N)ccn3)ccc2F)C1(F)F. The molecule has 1 atom stereocenters. The third kappa shape index (κ3) is 3.02. The molecule has 0 aliphatic carbocycles. The van der Waals surface area contributed by atoms with E-state index >= 15 is 8.78 Å². The third-order valence-electron chi connectivity index (χ3n) is 4.99. The van der Waals surface area contributed by atoms with Gasteiger partial charge in [-0.2, -0.15) is 5.26 Å². The van der Waals surface area contributed by atoms with Crippen molar-refractivity contribution in [3.8, 4) is 17.3 Å². The molecule has 0 unspecified atom stereocenters. The van der Waals surface area contributed by atoms with E-state index in [1.165, 1.54) is 44.3 Å². The van der Waals surface area contributed by atoms with Crippen molar-refractivity contribution < 1.29 is 17.9 Å². The second-order valence-electron chi connectivity index (χ2n) is 7.28. The summed E-state index contributed by atoms with van der Waals surface area (Å²) in [7, 11) is 0. The number of aliphatic imine (C=N–C) groups is 1. The zero-order chi connectivity index (χ0) is 20.7. The second-order valence-corrected chi connectivity index (χ2v) is 7.28. The lowest BCUT2D eigenvalue weighted by atomic mass is 9.77. The number of nitrogens with two attached hydrogens (primary N) is 1. The van der Waals surface area contributed by atoms with Crippen molar-refractivity contribution in [2.24, 2.45) is 10.7 Å². The van der Waals surface area contributed by atoms with Crippen LogP contribution < -0.4 is 5.73 Å². The van der Waals surface area contributed by atoms with Gasteiger partial charge in [0.2, 0.25) is 0 Å². The van der Waals surface area contributed by atoms with Gasteiger partial charge in [0.15, 0.2) is 5.54 Å². The smallest absolute Gasteiger partial charge is 0.304 e.